The maximum absolute atomic E-state index is 6.26. The Kier molecular flexibility index (Phi) is 4.47. The average molecular weight is 294 g/mol. The summed E-state index contributed by atoms with van der Waals surface area (Å²) in [6.45, 7) is 5.42. The van der Waals surface area contributed by atoms with Crippen molar-refractivity contribution >= 4 is 17.4 Å². The van der Waals surface area contributed by atoms with Crippen LogP contribution in [0.4, 0.5) is 5.82 Å². The molecular weight excluding hydrogens is 270 g/mol. The lowest BCUT2D eigenvalue weighted by molar-refractivity contribution is 0.529. The van der Waals surface area contributed by atoms with Crippen LogP contribution in [0.5, 0.6) is 0 Å². The van der Waals surface area contributed by atoms with Crippen molar-refractivity contribution in [2.24, 2.45) is 5.92 Å². The molecule has 0 radical (unpaired) electrons. The molecule has 1 N–H and O–H groups in total. The molecule has 0 spiro atoms. The van der Waals surface area contributed by atoms with Crippen LogP contribution in [0.15, 0.2) is 12.3 Å². The summed E-state index contributed by atoms with van der Waals surface area (Å²) in [5, 5.41) is 4.31. The molecule has 3 nitrogen and oxygen atoms in total. The Morgan fingerprint density at radius 2 is 2.25 bits per heavy atom. The smallest absolute Gasteiger partial charge is 0.128 e. The zero-order valence-electron chi connectivity index (χ0n) is 12.2. The molecule has 0 bridgehead atoms. The lowest BCUT2D eigenvalue weighted by Gasteiger charge is -2.19. The van der Waals surface area contributed by atoms with Gasteiger partial charge in [-0.1, -0.05) is 24.9 Å². The molecule has 110 valence electrons. The van der Waals surface area contributed by atoms with Gasteiger partial charge in [-0.15, -0.1) is 0 Å². The van der Waals surface area contributed by atoms with Gasteiger partial charge >= 0.3 is 0 Å². The Labute approximate surface area is 126 Å². The van der Waals surface area contributed by atoms with Gasteiger partial charge in [0, 0.05) is 31.9 Å². The van der Waals surface area contributed by atoms with Crippen molar-refractivity contribution in [3.8, 4) is 0 Å². The Balaban J connectivity index is 1.65. The largest absolute Gasteiger partial charge is 0.356 e. The third-order valence-electron chi connectivity index (χ3n) is 4.39. The second-order valence-electron chi connectivity index (χ2n) is 6.18. The molecule has 0 aromatic carbocycles. The SMILES string of the molecule is CCCC1CCN(c2cc(CNC3CC3)c(Cl)cn2)C1. The Hall–Kier alpha value is -0.800. The van der Waals surface area contributed by atoms with E-state index in [1.54, 1.807) is 0 Å². The van der Waals surface area contributed by atoms with Crippen LogP contribution in [0.3, 0.4) is 0 Å². The van der Waals surface area contributed by atoms with Gasteiger partial charge in [-0.25, -0.2) is 4.98 Å². The monoisotopic (exact) mass is 293 g/mol. The van der Waals surface area contributed by atoms with Crippen LogP contribution in [0.1, 0.15) is 44.6 Å². The number of aromatic nitrogens is 1. The van der Waals surface area contributed by atoms with Gasteiger partial charge in [0.1, 0.15) is 5.82 Å². The molecule has 2 fully saturated rings. The van der Waals surface area contributed by atoms with Crippen LogP contribution in [0.25, 0.3) is 0 Å². The third kappa shape index (κ3) is 3.44. The summed E-state index contributed by atoms with van der Waals surface area (Å²) in [5.74, 6) is 1.94. The summed E-state index contributed by atoms with van der Waals surface area (Å²) in [4.78, 5) is 6.94. The molecular formula is C16H24ClN3. The van der Waals surface area contributed by atoms with Gasteiger partial charge in [-0.05, 0) is 43.2 Å². The van der Waals surface area contributed by atoms with Crippen molar-refractivity contribution in [3.63, 3.8) is 0 Å². The number of halogens is 1. The highest BCUT2D eigenvalue weighted by molar-refractivity contribution is 6.31. The summed E-state index contributed by atoms with van der Waals surface area (Å²) in [5.41, 5.74) is 1.18. The zero-order chi connectivity index (χ0) is 13.9. The fraction of sp³-hybridized carbons (Fsp3) is 0.688. The Morgan fingerprint density at radius 1 is 1.40 bits per heavy atom. The van der Waals surface area contributed by atoms with E-state index in [9.17, 15) is 0 Å². The van der Waals surface area contributed by atoms with E-state index in [2.05, 4.69) is 28.2 Å². The number of rotatable bonds is 6. The van der Waals surface area contributed by atoms with E-state index in [4.69, 9.17) is 11.6 Å². The summed E-state index contributed by atoms with van der Waals surface area (Å²) in [7, 11) is 0. The van der Waals surface area contributed by atoms with Gasteiger partial charge in [0.15, 0.2) is 0 Å². The summed E-state index contributed by atoms with van der Waals surface area (Å²) in [6.07, 6.45) is 8.34. The van der Waals surface area contributed by atoms with Gasteiger partial charge in [0.05, 0.1) is 5.02 Å². The minimum absolute atomic E-state index is 0.711. The first-order valence-electron chi connectivity index (χ1n) is 7.89. The van der Waals surface area contributed by atoms with Crippen molar-refractivity contribution in [2.45, 2.75) is 51.6 Å². The van der Waals surface area contributed by atoms with Gasteiger partial charge < -0.3 is 10.2 Å². The first kappa shape index (κ1) is 14.2. The second-order valence-corrected chi connectivity index (χ2v) is 6.59. The molecule has 1 aromatic heterocycles. The molecule has 2 aliphatic rings. The van der Waals surface area contributed by atoms with E-state index < -0.39 is 0 Å². The van der Waals surface area contributed by atoms with Crippen LogP contribution in [0, 0.1) is 5.92 Å². The lowest BCUT2D eigenvalue weighted by atomic mass is 10.0. The predicted molar refractivity (Wildman–Crippen MR) is 84.3 cm³/mol. The number of nitrogens with one attached hydrogen (secondary N) is 1. The molecule has 1 saturated heterocycles. The zero-order valence-corrected chi connectivity index (χ0v) is 13.0. The van der Waals surface area contributed by atoms with E-state index >= 15 is 0 Å². The van der Waals surface area contributed by atoms with E-state index in [-0.39, 0.29) is 0 Å². The molecule has 1 aliphatic carbocycles. The van der Waals surface area contributed by atoms with E-state index in [1.807, 2.05) is 6.20 Å². The van der Waals surface area contributed by atoms with Gasteiger partial charge in [-0.3, -0.25) is 0 Å². The topological polar surface area (TPSA) is 28.2 Å². The number of hydrogen-bond acceptors (Lipinski definition) is 3. The van der Waals surface area contributed by atoms with Crippen molar-refractivity contribution < 1.29 is 0 Å². The number of nitrogens with zero attached hydrogens (tertiary/aromatic N) is 2. The molecule has 20 heavy (non-hydrogen) atoms. The lowest BCUT2D eigenvalue weighted by Crippen LogP contribution is -2.22. The quantitative estimate of drug-likeness (QED) is 0.868. The number of hydrogen-bond donors (Lipinski definition) is 1. The van der Waals surface area contributed by atoms with Crippen molar-refractivity contribution in [3.05, 3.63) is 22.8 Å². The van der Waals surface area contributed by atoms with E-state index in [1.165, 1.54) is 37.7 Å². The minimum atomic E-state index is 0.711. The van der Waals surface area contributed by atoms with E-state index in [0.717, 1.165) is 36.4 Å². The fourth-order valence-corrected chi connectivity index (χ4v) is 3.17. The second kappa shape index (κ2) is 6.31. The van der Waals surface area contributed by atoms with Crippen molar-refractivity contribution in [2.75, 3.05) is 18.0 Å². The third-order valence-corrected chi connectivity index (χ3v) is 4.73. The van der Waals surface area contributed by atoms with Crippen molar-refractivity contribution in [1.82, 2.24) is 10.3 Å². The first-order chi connectivity index (χ1) is 9.76. The maximum Gasteiger partial charge on any atom is 0.128 e. The molecule has 1 saturated carbocycles. The van der Waals surface area contributed by atoms with Crippen molar-refractivity contribution in [1.29, 1.82) is 0 Å². The minimum Gasteiger partial charge on any atom is -0.356 e. The van der Waals surface area contributed by atoms with Crippen LogP contribution in [-0.2, 0) is 6.54 Å². The normalized spacial score (nSPS) is 22.5. The Morgan fingerprint density at radius 3 is 3.00 bits per heavy atom. The first-order valence-corrected chi connectivity index (χ1v) is 8.26. The number of anilines is 1. The van der Waals surface area contributed by atoms with Crippen LogP contribution in [0.2, 0.25) is 5.02 Å². The van der Waals surface area contributed by atoms with Gasteiger partial charge in [-0.2, -0.15) is 0 Å². The van der Waals surface area contributed by atoms with Gasteiger partial charge in [0.25, 0.3) is 0 Å². The molecule has 2 heterocycles. The summed E-state index contributed by atoms with van der Waals surface area (Å²) >= 11 is 6.26. The highest BCUT2D eigenvalue weighted by Crippen LogP contribution is 2.28. The van der Waals surface area contributed by atoms with Crippen LogP contribution >= 0.6 is 11.6 Å². The average Bonchev–Trinajstić information content (AvgIpc) is 3.16. The van der Waals surface area contributed by atoms with Gasteiger partial charge in [0.2, 0.25) is 0 Å². The highest BCUT2D eigenvalue weighted by atomic mass is 35.5. The molecule has 1 unspecified atom stereocenters. The number of pyridine rings is 1. The Bertz CT molecular complexity index is 459. The molecule has 3 rings (SSSR count). The predicted octanol–water partition coefficient (Wildman–Crippen LogP) is 3.61. The molecule has 1 aliphatic heterocycles. The van der Waals surface area contributed by atoms with Crippen LogP contribution < -0.4 is 10.2 Å². The molecule has 1 aromatic rings. The molecule has 0 amide bonds. The van der Waals surface area contributed by atoms with Crippen LogP contribution in [-0.4, -0.2) is 24.1 Å². The highest BCUT2D eigenvalue weighted by Gasteiger charge is 2.24. The molecule has 4 heteroatoms. The summed E-state index contributed by atoms with van der Waals surface area (Å²) in [6, 6.07) is 2.88. The fourth-order valence-electron chi connectivity index (χ4n) is 3.00. The molecule has 1 atom stereocenters. The summed E-state index contributed by atoms with van der Waals surface area (Å²) < 4.78 is 0. The standard InChI is InChI=1S/C16H24ClN3/c1-2-3-12-6-7-20(11-12)16-8-13(15(17)10-19-16)9-18-14-4-5-14/h8,10,12,14,18H,2-7,9,11H2,1H3. The maximum atomic E-state index is 6.26. The van der Waals surface area contributed by atoms with E-state index in [0.29, 0.717) is 6.04 Å².